The Morgan fingerprint density at radius 3 is 2.85 bits per heavy atom. The van der Waals surface area contributed by atoms with Gasteiger partial charge in [-0.05, 0) is 73.0 Å². The van der Waals surface area contributed by atoms with Crippen molar-refractivity contribution in [1.82, 2.24) is 5.32 Å². The number of aliphatic imine (C=N–C) groups is 1. The van der Waals surface area contributed by atoms with Crippen LogP contribution in [0, 0.1) is 5.92 Å². The van der Waals surface area contributed by atoms with Gasteiger partial charge in [0.15, 0.2) is 0 Å². The molecule has 0 amide bonds. The van der Waals surface area contributed by atoms with Gasteiger partial charge in [-0.25, -0.2) is 4.99 Å². The van der Waals surface area contributed by atoms with E-state index in [4.69, 9.17) is 22.3 Å². The summed E-state index contributed by atoms with van der Waals surface area (Å²) >= 11 is 6.03. The summed E-state index contributed by atoms with van der Waals surface area (Å²) in [4.78, 5) is 4.70. The second-order valence-electron chi connectivity index (χ2n) is 7.48. The maximum absolute atomic E-state index is 6.22. The summed E-state index contributed by atoms with van der Waals surface area (Å²) in [5.41, 5.74) is 11.3. The number of rotatable bonds is 6. The van der Waals surface area contributed by atoms with Gasteiger partial charge in [0.2, 0.25) is 0 Å². The van der Waals surface area contributed by atoms with Crippen LogP contribution in [-0.4, -0.2) is 12.4 Å². The molecule has 0 unspecified atom stereocenters. The summed E-state index contributed by atoms with van der Waals surface area (Å²) in [6.45, 7) is 1.85. The summed E-state index contributed by atoms with van der Waals surface area (Å²) in [7, 11) is 0. The van der Waals surface area contributed by atoms with Crippen LogP contribution in [0.25, 0.3) is 0 Å². The van der Waals surface area contributed by atoms with E-state index in [1.807, 2.05) is 18.2 Å². The van der Waals surface area contributed by atoms with Crippen molar-refractivity contribution < 1.29 is 0 Å². The van der Waals surface area contributed by atoms with Crippen molar-refractivity contribution >= 4 is 23.1 Å². The van der Waals surface area contributed by atoms with Crippen molar-refractivity contribution in [3.8, 4) is 0 Å². The molecule has 3 nitrogen and oxygen atoms in total. The Kier molecular flexibility index (Phi) is 5.28. The fourth-order valence-electron chi connectivity index (χ4n) is 4.36. The van der Waals surface area contributed by atoms with Crippen LogP contribution in [0.15, 0.2) is 47.5 Å². The fourth-order valence-corrected chi connectivity index (χ4v) is 4.57. The topological polar surface area (TPSA) is 50.4 Å². The van der Waals surface area contributed by atoms with Crippen LogP contribution in [0.3, 0.4) is 0 Å². The lowest BCUT2D eigenvalue weighted by Crippen LogP contribution is -2.28. The highest BCUT2D eigenvalue weighted by atomic mass is 35.5. The minimum atomic E-state index is 0.470. The van der Waals surface area contributed by atoms with E-state index in [9.17, 15) is 0 Å². The lowest BCUT2D eigenvalue weighted by Gasteiger charge is -2.26. The Morgan fingerprint density at radius 2 is 1.96 bits per heavy atom. The molecule has 136 valence electrons. The summed E-state index contributed by atoms with van der Waals surface area (Å²) in [6.07, 6.45) is 5.84. The van der Waals surface area contributed by atoms with Crippen molar-refractivity contribution in [2.45, 2.75) is 44.6 Å². The molecule has 1 fully saturated rings. The monoisotopic (exact) mass is 367 g/mol. The number of nitrogens with two attached hydrogens (primary N) is 1. The number of halogens is 1. The molecule has 3 N–H and O–H groups in total. The third-order valence-corrected chi connectivity index (χ3v) is 5.91. The van der Waals surface area contributed by atoms with E-state index < -0.39 is 0 Å². The van der Waals surface area contributed by atoms with Crippen LogP contribution in [0.4, 0.5) is 5.69 Å². The molecular formula is C22H26ClN3. The Morgan fingerprint density at radius 1 is 1.08 bits per heavy atom. The molecule has 1 aliphatic heterocycles. The maximum Gasteiger partial charge on any atom is 0.103 e. The lowest BCUT2D eigenvalue weighted by atomic mass is 9.84. The molecule has 1 saturated carbocycles. The SMILES string of the molecule is NC1=Nc2cc(CNCCCc3cccc(Cl)c3)ccc2[C@H]2CCC[C@@H]12. The van der Waals surface area contributed by atoms with E-state index in [0.717, 1.165) is 42.5 Å². The van der Waals surface area contributed by atoms with E-state index >= 15 is 0 Å². The average molecular weight is 368 g/mol. The molecule has 0 radical (unpaired) electrons. The van der Waals surface area contributed by atoms with Crippen LogP contribution < -0.4 is 11.1 Å². The predicted molar refractivity (Wildman–Crippen MR) is 109 cm³/mol. The van der Waals surface area contributed by atoms with Gasteiger partial charge in [-0.2, -0.15) is 0 Å². The normalized spacial score (nSPS) is 21.2. The second-order valence-corrected chi connectivity index (χ2v) is 7.92. The smallest absolute Gasteiger partial charge is 0.103 e. The third kappa shape index (κ3) is 3.79. The number of hydrogen-bond donors (Lipinski definition) is 2. The standard InChI is InChI=1S/C22H26ClN3/c23-17-6-1-4-15(12-17)5-3-11-25-14-16-9-10-19-18-7-2-8-20(18)22(24)26-21(19)13-16/h1,4,6,9-10,12-13,18,20,25H,2-3,5,7-8,11,14H2,(H2,24,26)/t18-,20-/m1/s1. The molecule has 0 saturated heterocycles. The van der Waals surface area contributed by atoms with Gasteiger partial charge in [-0.3, -0.25) is 0 Å². The highest BCUT2D eigenvalue weighted by molar-refractivity contribution is 6.30. The number of amidine groups is 1. The predicted octanol–water partition coefficient (Wildman–Crippen LogP) is 4.95. The van der Waals surface area contributed by atoms with Gasteiger partial charge in [-0.15, -0.1) is 0 Å². The van der Waals surface area contributed by atoms with Crippen molar-refractivity contribution in [1.29, 1.82) is 0 Å². The minimum Gasteiger partial charge on any atom is -0.387 e. The van der Waals surface area contributed by atoms with Crippen LogP contribution in [0.5, 0.6) is 0 Å². The first-order chi connectivity index (χ1) is 12.7. The minimum absolute atomic E-state index is 0.470. The first-order valence-corrected chi connectivity index (χ1v) is 10.0. The van der Waals surface area contributed by atoms with Gasteiger partial charge in [0.25, 0.3) is 0 Å². The van der Waals surface area contributed by atoms with Crippen molar-refractivity contribution in [2.24, 2.45) is 16.6 Å². The zero-order chi connectivity index (χ0) is 17.9. The first-order valence-electron chi connectivity index (χ1n) is 9.63. The molecule has 0 aromatic heterocycles. The molecule has 1 heterocycles. The number of hydrogen-bond acceptors (Lipinski definition) is 3. The van der Waals surface area contributed by atoms with E-state index in [0.29, 0.717) is 11.8 Å². The Labute approximate surface area is 160 Å². The molecule has 2 aromatic carbocycles. The molecule has 4 heteroatoms. The van der Waals surface area contributed by atoms with Crippen LogP contribution in [0.1, 0.15) is 48.3 Å². The number of nitrogens with zero attached hydrogens (tertiary/aromatic N) is 1. The van der Waals surface area contributed by atoms with Gasteiger partial charge in [0, 0.05) is 17.5 Å². The van der Waals surface area contributed by atoms with Gasteiger partial charge >= 0.3 is 0 Å². The molecule has 2 atom stereocenters. The van der Waals surface area contributed by atoms with Crippen molar-refractivity contribution in [3.05, 3.63) is 64.2 Å². The van der Waals surface area contributed by atoms with E-state index in [2.05, 4.69) is 29.6 Å². The molecule has 0 bridgehead atoms. The van der Waals surface area contributed by atoms with Crippen molar-refractivity contribution in [2.75, 3.05) is 6.54 Å². The van der Waals surface area contributed by atoms with Gasteiger partial charge in [0.1, 0.15) is 5.84 Å². The van der Waals surface area contributed by atoms with Crippen LogP contribution in [0.2, 0.25) is 5.02 Å². The first kappa shape index (κ1) is 17.6. The van der Waals surface area contributed by atoms with Crippen LogP contribution in [-0.2, 0) is 13.0 Å². The molecule has 0 spiro atoms. The number of benzene rings is 2. The average Bonchev–Trinajstić information content (AvgIpc) is 3.12. The Balaban J connectivity index is 1.31. The van der Waals surface area contributed by atoms with Crippen molar-refractivity contribution in [3.63, 3.8) is 0 Å². The highest BCUT2D eigenvalue weighted by Gasteiger charge is 2.35. The summed E-state index contributed by atoms with van der Waals surface area (Å²) in [5.74, 6) is 1.90. The summed E-state index contributed by atoms with van der Waals surface area (Å²) in [5, 5.41) is 4.35. The zero-order valence-electron chi connectivity index (χ0n) is 15.0. The Bertz CT molecular complexity index is 815. The van der Waals surface area contributed by atoms with E-state index in [1.54, 1.807) is 0 Å². The summed E-state index contributed by atoms with van der Waals surface area (Å²) in [6, 6.07) is 14.8. The summed E-state index contributed by atoms with van der Waals surface area (Å²) < 4.78 is 0. The quantitative estimate of drug-likeness (QED) is 0.710. The largest absolute Gasteiger partial charge is 0.387 e. The number of aryl methyl sites for hydroxylation is 1. The lowest BCUT2D eigenvalue weighted by molar-refractivity contribution is 0.608. The molecule has 1 aliphatic carbocycles. The highest BCUT2D eigenvalue weighted by Crippen LogP contribution is 2.46. The fraction of sp³-hybridized carbons (Fsp3) is 0.409. The molecule has 2 aromatic rings. The van der Waals surface area contributed by atoms with E-state index in [1.165, 1.54) is 36.0 Å². The van der Waals surface area contributed by atoms with E-state index in [-0.39, 0.29) is 0 Å². The maximum atomic E-state index is 6.22. The number of nitrogens with one attached hydrogen (secondary N) is 1. The van der Waals surface area contributed by atoms with Gasteiger partial charge in [0.05, 0.1) is 5.69 Å². The Hall–Kier alpha value is -1.84. The molecular weight excluding hydrogens is 342 g/mol. The van der Waals surface area contributed by atoms with Gasteiger partial charge < -0.3 is 11.1 Å². The van der Waals surface area contributed by atoms with Gasteiger partial charge in [-0.1, -0.05) is 42.3 Å². The molecule has 4 rings (SSSR count). The number of fused-ring (bicyclic) bond motifs is 3. The van der Waals surface area contributed by atoms with Crippen LogP contribution >= 0.6 is 11.6 Å². The second kappa shape index (κ2) is 7.81. The third-order valence-electron chi connectivity index (χ3n) is 5.68. The molecule has 2 aliphatic rings. The zero-order valence-corrected chi connectivity index (χ0v) is 15.8. The molecule has 26 heavy (non-hydrogen) atoms.